The highest BCUT2D eigenvalue weighted by Gasteiger charge is 2.37. The molecule has 0 radical (unpaired) electrons. The van der Waals surface area contributed by atoms with Crippen molar-refractivity contribution in [3.8, 4) is 17.6 Å². The van der Waals surface area contributed by atoms with E-state index >= 15 is 0 Å². The van der Waals surface area contributed by atoms with Gasteiger partial charge in [0.2, 0.25) is 0 Å². The minimum absolute atomic E-state index is 0.316. The van der Waals surface area contributed by atoms with Crippen LogP contribution >= 0.6 is 0 Å². The van der Waals surface area contributed by atoms with E-state index in [-0.39, 0.29) is 16.9 Å². The molecule has 178 valence electrons. The van der Waals surface area contributed by atoms with Gasteiger partial charge in [-0.2, -0.15) is 22.8 Å². The van der Waals surface area contributed by atoms with E-state index in [2.05, 4.69) is 11.7 Å². The van der Waals surface area contributed by atoms with Gasteiger partial charge in [0.1, 0.15) is 23.4 Å². The molecule has 0 fully saturated rings. The lowest BCUT2D eigenvalue weighted by Crippen LogP contribution is -2.23. The number of hydrogen-bond donors (Lipinski definition) is 0. The highest BCUT2D eigenvalue weighted by molar-refractivity contribution is 5.37. The van der Waals surface area contributed by atoms with Crippen LogP contribution in [0.4, 0.5) is 22.0 Å². The van der Waals surface area contributed by atoms with Crippen LogP contribution in [0.1, 0.15) is 48.4 Å². The van der Waals surface area contributed by atoms with Gasteiger partial charge in [-0.05, 0) is 66.9 Å². The van der Waals surface area contributed by atoms with Gasteiger partial charge in [0.25, 0.3) is 0 Å². The number of rotatable bonds is 10. The van der Waals surface area contributed by atoms with E-state index < -0.39 is 29.3 Å². The average molecular weight is 475 g/mol. The predicted octanol–water partition coefficient (Wildman–Crippen LogP) is 7.69. The first kappa shape index (κ1) is 25.0. The Morgan fingerprint density at radius 2 is 1.29 bits per heavy atom. The van der Waals surface area contributed by atoms with Crippen LogP contribution in [0.15, 0.2) is 66.7 Å². The number of benzene rings is 3. The minimum atomic E-state index is -3.88. The third kappa shape index (κ3) is 6.25. The Bertz CT molecular complexity index is 1140. The quantitative estimate of drug-likeness (QED) is 0.223. The summed E-state index contributed by atoms with van der Waals surface area (Å²) in [6.45, 7) is 2.08. The van der Waals surface area contributed by atoms with E-state index in [1.807, 2.05) is 0 Å². The largest absolute Gasteiger partial charge is 0.429 e. The lowest BCUT2D eigenvalue weighted by Gasteiger charge is -2.20. The van der Waals surface area contributed by atoms with Crippen molar-refractivity contribution >= 4 is 0 Å². The van der Waals surface area contributed by atoms with Crippen LogP contribution in [0.5, 0.6) is 11.5 Å². The number of unbranched alkanes of at least 4 members (excludes halogenated alkanes) is 2. The Kier molecular flexibility index (Phi) is 7.77. The molecule has 0 aliphatic carbocycles. The molecule has 3 aromatic rings. The molecule has 0 saturated carbocycles. The molecule has 0 amide bonds. The minimum Gasteiger partial charge on any atom is -0.429 e. The van der Waals surface area contributed by atoms with E-state index in [9.17, 15) is 22.0 Å². The number of alkyl halides is 4. The summed E-state index contributed by atoms with van der Waals surface area (Å²) in [5, 5.41) is 8.71. The summed E-state index contributed by atoms with van der Waals surface area (Å²) >= 11 is 0. The molecule has 0 atom stereocenters. The first-order chi connectivity index (χ1) is 16.1. The van der Waals surface area contributed by atoms with Crippen LogP contribution < -0.4 is 9.47 Å². The van der Waals surface area contributed by atoms with Crippen LogP contribution in [0.3, 0.4) is 0 Å². The molecular weight excluding hydrogens is 453 g/mol. The van der Waals surface area contributed by atoms with Crippen LogP contribution in [0.2, 0.25) is 0 Å². The first-order valence-corrected chi connectivity index (χ1v) is 10.7. The van der Waals surface area contributed by atoms with Crippen LogP contribution in [0.25, 0.3) is 0 Å². The van der Waals surface area contributed by atoms with E-state index in [0.29, 0.717) is 6.07 Å². The monoisotopic (exact) mass is 475 g/mol. The molecule has 34 heavy (non-hydrogen) atoms. The molecule has 0 unspecified atom stereocenters. The topological polar surface area (TPSA) is 42.2 Å². The predicted molar refractivity (Wildman–Crippen MR) is 116 cm³/mol. The second kappa shape index (κ2) is 10.6. The van der Waals surface area contributed by atoms with Gasteiger partial charge >= 0.3 is 12.2 Å². The van der Waals surface area contributed by atoms with Gasteiger partial charge in [-0.3, -0.25) is 0 Å². The Morgan fingerprint density at radius 3 is 1.82 bits per heavy atom. The zero-order valence-electron chi connectivity index (χ0n) is 18.3. The first-order valence-electron chi connectivity index (χ1n) is 10.7. The Labute approximate surface area is 194 Å². The molecule has 0 spiro atoms. The third-order valence-corrected chi connectivity index (χ3v) is 5.10. The zero-order chi connectivity index (χ0) is 24.8. The fourth-order valence-electron chi connectivity index (χ4n) is 3.23. The molecule has 3 aromatic carbocycles. The lowest BCUT2D eigenvalue weighted by atomic mass is 10.1. The Hall–Kier alpha value is -3.60. The van der Waals surface area contributed by atoms with E-state index in [1.165, 1.54) is 12.1 Å². The maximum atomic E-state index is 14.5. The van der Waals surface area contributed by atoms with Crippen LogP contribution in [-0.2, 0) is 18.6 Å². The fraction of sp³-hybridized carbons (Fsp3) is 0.269. The maximum absolute atomic E-state index is 14.5. The van der Waals surface area contributed by atoms with Crippen molar-refractivity contribution < 1.29 is 31.4 Å². The zero-order valence-corrected chi connectivity index (χ0v) is 18.3. The number of aryl methyl sites for hydroxylation is 1. The summed E-state index contributed by atoms with van der Waals surface area (Å²) in [6, 6.07) is 13.8. The summed E-state index contributed by atoms with van der Waals surface area (Å²) in [5.41, 5.74) is -0.373. The molecule has 0 aromatic heterocycles. The van der Waals surface area contributed by atoms with Gasteiger partial charge in [0, 0.05) is 6.07 Å². The van der Waals surface area contributed by atoms with Crippen molar-refractivity contribution in [2.75, 3.05) is 0 Å². The van der Waals surface area contributed by atoms with Crippen molar-refractivity contribution in [3.05, 3.63) is 94.8 Å². The molecule has 0 aliphatic heterocycles. The highest BCUT2D eigenvalue weighted by atomic mass is 19.3. The molecule has 0 N–H and O–H groups in total. The lowest BCUT2D eigenvalue weighted by molar-refractivity contribution is -0.187. The van der Waals surface area contributed by atoms with E-state index in [4.69, 9.17) is 10.00 Å². The van der Waals surface area contributed by atoms with Gasteiger partial charge in [0.05, 0.1) is 16.7 Å². The molecule has 0 bridgehead atoms. The summed E-state index contributed by atoms with van der Waals surface area (Å²) in [4.78, 5) is 0. The van der Waals surface area contributed by atoms with E-state index in [1.54, 1.807) is 18.2 Å². The number of ether oxygens (including phenoxy) is 2. The van der Waals surface area contributed by atoms with Crippen LogP contribution in [0, 0.1) is 17.1 Å². The van der Waals surface area contributed by atoms with Crippen molar-refractivity contribution in [2.45, 2.75) is 44.8 Å². The van der Waals surface area contributed by atoms with Crippen molar-refractivity contribution in [2.24, 2.45) is 0 Å². The molecule has 0 heterocycles. The highest BCUT2D eigenvalue weighted by Crippen LogP contribution is 2.35. The van der Waals surface area contributed by atoms with Crippen molar-refractivity contribution in [1.82, 2.24) is 0 Å². The smallest absolute Gasteiger partial charge is 0.426 e. The average Bonchev–Trinajstić information content (AvgIpc) is 2.80. The molecule has 0 aliphatic rings. The SMILES string of the molecule is CCCCCc1ccc(C(F)(F)Oc2ccc(C(F)(F)Oc3ccc(C#N)c(F)c3)cc2)cc1. The van der Waals surface area contributed by atoms with Gasteiger partial charge < -0.3 is 9.47 Å². The summed E-state index contributed by atoms with van der Waals surface area (Å²) < 4.78 is 80.9. The standard InChI is InChI=1S/C26H22F5NO2/c1-2-3-4-5-18-6-9-20(10-7-18)25(28,29)33-22-14-11-21(12-15-22)26(30,31)34-23-13-8-19(17-32)24(27)16-23/h6-16H,2-5H2,1H3. The second-order valence-electron chi connectivity index (χ2n) is 7.67. The summed E-state index contributed by atoms with van der Waals surface area (Å²) in [5.74, 6) is -1.82. The molecule has 0 saturated heterocycles. The second-order valence-corrected chi connectivity index (χ2v) is 7.67. The molecule has 8 heteroatoms. The number of nitriles is 1. The molecule has 3 nitrogen and oxygen atoms in total. The maximum Gasteiger partial charge on any atom is 0.426 e. The molecule has 3 rings (SSSR count). The van der Waals surface area contributed by atoms with Gasteiger partial charge in [0.15, 0.2) is 0 Å². The van der Waals surface area contributed by atoms with Crippen LogP contribution in [-0.4, -0.2) is 0 Å². The summed E-state index contributed by atoms with van der Waals surface area (Å²) in [7, 11) is 0. The summed E-state index contributed by atoms with van der Waals surface area (Å²) in [6.07, 6.45) is -3.64. The number of nitrogens with zero attached hydrogens (tertiary/aromatic N) is 1. The van der Waals surface area contributed by atoms with E-state index in [0.717, 1.165) is 67.6 Å². The van der Waals surface area contributed by atoms with Gasteiger partial charge in [-0.25, -0.2) is 4.39 Å². The van der Waals surface area contributed by atoms with Gasteiger partial charge in [-0.1, -0.05) is 31.9 Å². The Balaban J connectivity index is 1.67. The fourth-order valence-corrected chi connectivity index (χ4v) is 3.23. The number of halogens is 5. The van der Waals surface area contributed by atoms with Crippen molar-refractivity contribution in [1.29, 1.82) is 5.26 Å². The normalized spacial score (nSPS) is 11.7. The van der Waals surface area contributed by atoms with Crippen molar-refractivity contribution in [3.63, 3.8) is 0 Å². The number of hydrogen-bond acceptors (Lipinski definition) is 3. The Morgan fingerprint density at radius 1 is 0.765 bits per heavy atom. The van der Waals surface area contributed by atoms with Gasteiger partial charge in [-0.15, -0.1) is 0 Å². The third-order valence-electron chi connectivity index (χ3n) is 5.10. The molecular formula is C26H22F5NO2.